The van der Waals surface area contributed by atoms with Crippen LogP contribution in [0.4, 0.5) is 10.5 Å². The van der Waals surface area contributed by atoms with Crippen LogP contribution in [-0.2, 0) is 49.5 Å². The number of esters is 4. The van der Waals surface area contributed by atoms with Crippen molar-refractivity contribution in [2.45, 2.75) is 58.2 Å². The third-order valence-electron chi connectivity index (χ3n) is 6.25. The lowest BCUT2D eigenvalue weighted by Gasteiger charge is -2.43. The largest absolute Gasteiger partial charge is 0.514 e. The number of hydrogen-bond acceptors (Lipinski definition) is 15. The standard InChI is InChI=1S/C28H29NO15/c1-14(30)40-24-21(27(34)38-4)12-23(25(41-15(2)31)26(24)42-16(3)32)43-20-8-5-17(22(33)11-20)13-39-28(35)44-19-9-6-18(7-10-19)29(36)37/h5-11,21,23-26,33H,12-13H2,1-4H3/t21-,23+,24+,25-,26-/m0/s1. The highest BCUT2D eigenvalue weighted by Gasteiger charge is 2.54. The summed E-state index contributed by atoms with van der Waals surface area (Å²) in [5.74, 6) is -4.73. The van der Waals surface area contributed by atoms with Crippen LogP contribution in [0.1, 0.15) is 32.8 Å². The van der Waals surface area contributed by atoms with Crippen LogP contribution in [0.3, 0.4) is 0 Å². The van der Waals surface area contributed by atoms with E-state index in [1.165, 1.54) is 24.3 Å². The number of nitro groups is 1. The summed E-state index contributed by atoms with van der Waals surface area (Å²) in [5.41, 5.74) is -0.0596. The van der Waals surface area contributed by atoms with Crippen LogP contribution < -0.4 is 9.47 Å². The number of hydrogen-bond donors (Lipinski definition) is 1. The van der Waals surface area contributed by atoms with Crippen LogP contribution in [0, 0.1) is 16.0 Å². The minimum absolute atomic E-state index is 0.00311. The molecule has 16 nitrogen and oxygen atoms in total. The number of nitrogens with zero attached hydrogens (tertiary/aromatic N) is 1. The summed E-state index contributed by atoms with van der Waals surface area (Å²) >= 11 is 0. The minimum Gasteiger partial charge on any atom is -0.507 e. The molecule has 16 heteroatoms. The number of phenols is 1. The molecule has 1 aliphatic rings. The minimum atomic E-state index is -1.45. The summed E-state index contributed by atoms with van der Waals surface area (Å²) in [5, 5.41) is 21.3. The Bertz CT molecular complexity index is 1410. The molecule has 0 unspecified atom stereocenters. The van der Waals surface area contributed by atoms with Crippen LogP contribution in [0.25, 0.3) is 0 Å². The highest BCUT2D eigenvalue weighted by atomic mass is 16.7. The topological polar surface area (TPSA) is 213 Å². The van der Waals surface area contributed by atoms with Gasteiger partial charge in [-0.25, -0.2) is 4.79 Å². The molecule has 0 spiro atoms. The smallest absolute Gasteiger partial charge is 0.507 e. The number of carbonyl (C=O) groups excluding carboxylic acids is 5. The van der Waals surface area contributed by atoms with Gasteiger partial charge in [-0.05, 0) is 24.3 Å². The second kappa shape index (κ2) is 14.7. The monoisotopic (exact) mass is 619 g/mol. The van der Waals surface area contributed by atoms with Crippen LogP contribution in [-0.4, -0.2) is 71.6 Å². The highest BCUT2D eigenvalue weighted by Crippen LogP contribution is 2.36. The van der Waals surface area contributed by atoms with Gasteiger partial charge in [-0.15, -0.1) is 0 Å². The third-order valence-corrected chi connectivity index (χ3v) is 6.25. The summed E-state index contributed by atoms with van der Waals surface area (Å²) in [6.07, 6.45) is -6.67. The zero-order valence-electron chi connectivity index (χ0n) is 24.0. The molecular formula is C28H29NO15. The maximum absolute atomic E-state index is 12.7. The number of benzene rings is 2. The summed E-state index contributed by atoms with van der Waals surface area (Å²) in [6, 6.07) is 8.61. The summed E-state index contributed by atoms with van der Waals surface area (Å²) < 4.78 is 36.8. The average molecular weight is 620 g/mol. The quantitative estimate of drug-likeness (QED) is 0.133. The zero-order valence-corrected chi connectivity index (χ0v) is 24.0. The summed E-state index contributed by atoms with van der Waals surface area (Å²) in [7, 11) is 1.11. The molecule has 0 amide bonds. The molecular weight excluding hydrogens is 590 g/mol. The number of non-ortho nitro benzene ring substituents is 1. The number of methoxy groups -OCH3 is 1. The molecule has 0 aromatic heterocycles. The molecule has 0 saturated heterocycles. The fourth-order valence-electron chi connectivity index (χ4n) is 4.46. The molecule has 2 aromatic carbocycles. The zero-order chi connectivity index (χ0) is 32.6. The van der Waals surface area contributed by atoms with Gasteiger partial charge in [-0.3, -0.25) is 29.3 Å². The van der Waals surface area contributed by atoms with Crippen molar-refractivity contribution >= 4 is 35.7 Å². The molecule has 0 radical (unpaired) electrons. The van der Waals surface area contributed by atoms with Crippen LogP contribution in [0.5, 0.6) is 17.2 Å². The Hall–Kier alpha value is -5.41. The first-order valence-corrected chi connectivity index (χ1v) is 13.0. The van der Waals surface area contributed by atoms with Gasteiger partial charge in [0.2, 0.25) is 0 Å². The molecule has 44 heavy (non-hydrogen) atoms. The van der Waals surface area contributed by atoms with Crippen molar-refractivity contribution in [3.63, 3.8) is 0 Å². The molecule has 5 atom stereocenters. The number of ether oxygens (including phenoxy) is 7. The number of carbonyl (C=O) groups is 5. The first-order chi connectivity index (χ1) is 20.8. The Balaban J connectivity index is 1.78. The first kappa shape index (κ1) is 33.1. The molecule has 3 rings (SSSR count). The van der Waals surface area contributed by atoms with Crippen LogP contribution in [0.2, 0.25) is 0 Å². The van der Waals surface area contributed by atoms with Gasteiger partial charge in [0.25, 0.3) is 5.69 Å². The van der Waals surface area contributed by atoms with E-state index in [9.17, 15) is 39.2 Å². The molecule has 236 valence electrons. The van der Waals surface area contributed by atoms with Crippen molar-refractivity contribution in [1.82, 2.24) is 0 Å². The van der Waals surface area contributed by atoms with E-state index in [-0.39, 0.29) is 34.9 Å². The van der Waals surface area contributed by atoms with Crippen molar-refractivity contribution in [3.05, 3.63) is 58.1 Å². The Morgan fingerprint density at radius 1 is 0.864 bits per heavy atom. The van der Waals surface area contributed by atoms with E-state index in [4.69, 9.17) is 33.2 Å². The maximum Gasteiger partial charge on any atom is 0.514 e. The molecule has 2 aromatic rings. The van der Waals surface area contributed by atoms with Crippen molar-refractivity contribution in [2.75, 3.05) is 7.11 Å². The lowest BCUT2D eigenvalue weighted by Crippen LogP contribution is -2.61. The molecule has 1 aliphatic carbocycles. The number of rotatable bonds is 10. The van der Waals surface area contributed by atoms with E-state index >= 15 is 0 Å². The van der Waals surface area contributed by atoms with E-state index in [2.05, 4.69) is 0 Å². The van der Waals surface area contributed by atoms with Gasteiger partial charge in [0.1, 0.15) is 35.9 Å². The Labute approximate surface area is 249 Å². The van der Waals surface area contributed by atoms with E-state index in [1.807, 2.05) is 0 Å². The molecule has 1 fully saturated rings. The van der Waals surface area contributed by atoms with Gasteiger partial charge < -0.3 is 38.3 Å². The molecule has 0 heterocycles. The second-order valence-corrected chi connectivity index (χ2v) is 9.43. The van der Waals surface area contributed by atoms with Gasteiger partial charge >= 0.3 is 30.0 Å². The molecule has 0 aliphatic heterocycles. The van der Waals surface area contributed by atoms with Gasteiger partial charge in [0.05, 0.1) is 12.0 Å². The molecule has 1 saturated carbocycles. The van der Waals surface area contributed by atoms with E-state index in [0.29, 0.717) is 0 Å². The summed E-state index contributed by atoms with van der Waals surface area (Å²) in [6.45, 7) is 2.84. The van der Waals surface area contributed by atoms with E-state index < -0.39 is 71.9 Å². The predicted molar refractivity (Wildman–Crippen MR) is 143 cm³/mol. The Kier molecular flexibility index (Phi) is 11.0. The lowest BCUT2D eigenvalue weighted by molar-refractivity contribution is -0.384. The molecule has 1 N–H and O–H groups in total. The number of nitro benzene ring substituents is 1. The predicted octanol–water partition coefficient (Wildman–Crippen LogP) is 2.75. The van der Waals surface area contributed by atoms with Gasteiger partial charge in [-0.2, -0.15) is 0 Å². The van der Waals surface area contributed by atoms with Crippen molar-refractivity contribution < 1.29 is 67.2 Å². The first-order valence-electron chi connectivity index (χ1n) is 13.0. The Morgan fingerprint density at radius 2 is 1.43 bits per heavy atom. The second-order valence-electron chi connectivity index (χ2n) is 9.43. The van der Waals surface area contributed by atoms with Gasteiger partial charge in [0, 0.05) is 51.0 Å². The van der Waals surface area contributed by atoms with Crippen LogP contribution >= 0.6 is 0 Å². The van der Waals surface area contributed by atoms with E-state index in [0.717, 1.165) is 46.1 Å². The average Bonchev–Trinajstić information content (AvgIpc) is 2.94. The SMILES string of the molecule is COC(=O)[C@H]1C[C@@H](Oc2ccc(COC(=O)Oc3ccc([N+](=O)[O-])cc3)c(O)c2)[C@H](OC(C)=O)[C@@H](OC(C)=O)[C@@H]1OC(C)=O. The van der Waals surface area contributed by atoms with Crippen molar-refractivity contribution in [2.24, 2.45) is 5.92 Å². The highest BCUT2D eigenvalue weighted by molar-refractivity contribution is 5.75. The number of phenolic OH excluding ortho intramolecular Hbond substituents is 1. The van der Waals surface area contributed by atoms with Gasteiger partial charge in [0.15, 0.2) is 18.3 Å². The van der Waals surface area contributed by atoms with Crippen molar-refractivity contribution in [3.8, 4) is 17.2 Å². The van der Waals surface area contributed by atoms with Gasteiger partial charge in [-0.1, -0.05) is 0 Å². The Morgan fingerprint density at radius 3 is 1.98 bits per heavy atom. The fraction of sp³-hybridized carbons (Fsp3) is 0.393. The lowest BCUT2D eigenvalue weighted by atomic mass is 9.80. The van der Waals surface area contributed by atoms with Crippen molar-refractivity contribution in [1.29, 1.82) is 0 Å². The normalized spacial score (nSPS) is 20.8. The summed E-state index contributed by atoms with van der Waals surface area (Å²) in [4.78, 5) is 70.6. The molecule has 0 bridgehead atoms. The third kappa shape index (κ3) is 8.80. The fourth-order valence-corrected chi connectivity index (χ4v) is 4.46. The number of aromatic hydroxyl groups is 1. The maximum atomic E-state index is 12.7. The van der Waals surface area contributed by atoms with E-state index in [1.54, 1.807) is 0 Å². The van der Waals surface area contributed by atoms with Crippen LogP contribution in [0.15, 0.2) is 42.5 Å².